The van der Waals surface area contributed by atoms with E-state index in [1.165, 1.54) is 11.6 Å². The zero-order valence-corrected chi connectivity index (χ0v) is 18.6. The first-order chi connectivity index (χ1) is 14.3. The lowest BCUT2D eigenvalue weighted by molar-refractivity contribution is 0.274. The van der Waals surface area contributed by atoms with Crippen LogP contribution < -0.4 is 0 Å². The number of rotatable bonds is 7. The maximum atomic E-state index is 13.6. The summed E-state index contributed by atoms with van der Waals surface area (Å²) in [6, 6.07) is 7.23. The van der Waals surface area contributed by atoms with Crippen LogP contribution in [0.5, 0.6) is 0 Å². The van der Waals surface area contributed by atoms with E-state index in [-0.39, 0.29) is 5.82 Å². The van der Waals surface area contributed by atoms with E-state index in [1.54, 1.807) is 13.0 Å². The third kappa shape index (κ3) is 5.02. The summed E-state index contributed by atoms with van der Waals surface area (Å²) in [5, 5.41) is 4.81. The van der Waals surface area contributed by atoms with Gasteiger partial charge >= 0.3 is 0 Å². The molecule has 0 spiro atoms. The molecule has 3 rings (SSSR count). The molecule has 1 aliphatic heterocycles. The van der Waals surface area contributed by atoms with Crippen molar-refractivity contribution in [1.82, 2.24) is 14.7 Å². The smallest absolute Gasteiger partial charge is 0.126 e. The number of benzene rings is 1. The average Bonchev–Trinajstić information content (AvgIpc) is 3.02. The lowest BCUT2D eigenvalue weighted by Gasteiger charge is -2.25. The zero-order chi connectivity index (χ0) is 21.8. The molecule has 1 aliphatic rings. The van der Waals surface area contributed by atoms with Gasteiger partial charge in [-0.15, -0.1) is 0 Å². The Morgan fingerprint density at radius 1 is 1.17 bits per heavy atom. The number of aryl methyl sites for hydroxylation is 2. The van der Waals surface area contributed by atoms with E-state index >= 15 is 0 Å². The number of ether oxygens (including phenoxy) is 1. The normalized spacial score (nSPS) is 14.6. The minimum Gasteiger partial charge on any atom is -0.467 e. The molecule has 4 nitrogen and oxygen atoms in total. The predicted molar refractivity (Wildman–Crippen MR) is 120 cm³/mol. The van der Waals surface area contributed by atoms with Gasteiger partial charge in [0.2, 0.25) is 0 Å². The fourth-order valence-corrected chi connectivity index (χ4v) is 3.76. The molecule has 2 heterocycles. The highest BCUT2D eigenvalue weighted by Crippen LogP contribution is 2.25. The number of allylic oxidation sites excluding steroid dienone is 2. The first kappa shape index (κ1) is 21.9. The van der Waals surface area contributed by atoms with Gasteiger partial charge in [0.25, 0.3) is 0 Å². The second-order valence-corrected chi connectivity index (χ2v) is 8.06. The molecule has 1 aromatic heterocycles. The molecule has 0 unspecified atom stereocenters. The van der Waals surface area contributed by atoms with Crippen molar-refractivity contribution >= 4 is 0 Å². The number of aromatic nitrogens is 2. The van der Waals surface area contributed by atoms with Crippen molar-refractivity contribution in [2.24, 2.45) is 0 Å². The van der Waals surface area contributed by atoms with Crippen LogP contribution in [0.15, 0.2) is 60.2 Å². The quantitative estimate of drug-likeness (QED) is 0.526. The predicted octanol–water partition coefficient (Wildman–Crippen LogP) is 5.99. The fourth-order valence-electron chi connectivity index (χ4n) is 3.76. The van der Waals surface area contributed by atoms with Gasteiger partial charge in [-0.2, -0.15) is 5.10 Å². The van der Waals surface area contributed by atoms with Crippen molar-refractivity contribution in [3.05, 3.63) is 77.3 Å². The molecule has 2 aromatic rings. The summed E-state index contributed by atoms with van der Waals surface area (Å²) >= 11 is 0. The summed E-state index contributed by atoms with van der Waals surface area (Å²) in [5.41, 5.74) is 5.89. The van der Waals surface area contributed by atoms with Gasteiger partial charge in [-0.3, -0.25) is 4.68 Å². The third-order valence-electron chi connectivity index (χ3n) is 5.60. The zero-order valence-electron chi connectivity index (χ0n) is 18.6. The van der Waals surface area contributed by atoms with Crippen molar-refractivity contribution in [2.75, 3.05) is 13.1 Å². The molecule has 0 bridgehead atoms. The first-order valence-electron chi connectivity index (χ1n) is 10.6. The van der Waals surface area contributed by atoms with Gasteiger partial charge in [-0.1, -0.05) is 20.1 Å². The maximum Gasteiger partial charge on any atom is 0.126 e. The summed E-state index contributed by atoms with van der Waals surface area (Å²) in [6.45, 7) is 18.5. The van der Waals surface area contributed by atoms with Crippen LogP contribution in [-0.2, 0) is 17.7 Å². The molecule has 160 valence electrons. The molecule has 0 fully saturated rings. The molecule has 0 atom stereocenters. The van der Waals surface area contributed by atoms with Crippen LogP contribution in [-0.4, -0.2) is 27.8 Å². The fraction of sp³-hybridized carbons (Fsp3) is 0.400. The van der Waals surface area contributed by atoms with Crippen LogP contribution in [0, 0.1) is 12.7 Å². The molecule has 0 aliphatic carbocycles. The summed E-state index contributed by atoms with van der Waals surface area (Å²) < 4.78 is 21.5. The molecule has 1 aromatic carbocycles. The van der Waals surface area contributed by atoms with E-state index < -0.39 is 0 Å². The van der Waals surface area contributed by atoms with Gasteiger partial charge in [0.05, 0.1) is 18.0 Å². The van der Waals surface area contributed by atoms with Crippen molar-refractivity contribution in [1.29, 1.82) is 0 Å². The van der Waals surface area contributed by atoms with Crippen molar-refractivity contribution in [2.45, 2.75) is 53.5 Å². The Hall–Kier alpha value is -2.82. The maximum absolute atomic E-state index is 13.6. The number of hydrogen-bond acceptors (Lipinski definition) is 3. The molecule has 0 saturated heterocycles. The molecular formula is C25H32FN3O. The van der Waals surface area contributed by atoms with E-state index in [0.29, 0.717) is 12.1 Å². The topological polar surface area (TPSA) is 30.3 Å². The van der Waals surface area contributed by atoms with Gasteiger partial charge in [0.1, 0.15) is 11.6 Å². The van der Waals surface area contributed by atoms with Crippen LogP contribution in [0.1, 0.15) is 44.9 Å². The number of nitrogens with zero attached hydrogens (tertiary/aromatic N) is 3. The number of hydrogen-bond donors (Lipinski definition) is 0. The molecule has 0 saturated carbocycles. The van der Waals surface area contributed by atoms with E-state index in [1.807, 2.05) is 17.7 Å². The van der Waals surface area contributed by atoms with Crippen LogP contribution in [0.3, 0.4) is 0 Å². The largest absolute Gasteiger partial charge is 0.467 e. The van der Waals surface area contributed by atoms with Crippen LogP contribution in [0.2, 0.25) is 0 Å². The molecule has 0 N–H and O–H groups in total. The number of halogens is 1. The van der Waals surface area contributed by atoms with Gasteiger partial charge in [-0.25, -0.2) is 4.39 Å². The minimum atomic E-state index is -0.192. The monoisotopic (exact) mass is 409 g/mol. The van der Waals surface area contributed by atoms with Crippen LogP contribution >= 0.6 is 0 Å². The van der Waals surface area contributed by atoms with Crippen molar-refractivity contribution < 1.29 is 9.13 Å². The highest BCUT2D eigenvalue weighted by molar-refractivity contribution is 5.60. The van der Waals surface area contributed by atoms with Gasteiger partial charge in [0, 0.05) is 36.5 Å². The highest BCUT2D eigenvalue weighted by Gasteiger charge is 2.18. The van der Waals surface area contributed by atoms with E-state index in [2.05, 4.69) is 38.0 Å². The highest BCUT2D eigenvalue weighted by atomic mass is 19.1. The summed E-state index contributed by atoms with van der Waals surface area (Å²) in [6.07, 6.45) is 2.66. The summed E-state index contributed by atoms with van der Waals surface area (Å²) in [7, 11) is 0. The van der Waals surface area contributed by atoms with Crippen molar-refractivity contribution in [3.63, 3.8) is 0 Å². The lowest BCUT2D eigenvalue weighted by atomic mass is 10.1. The Kier molecular flexibility index (Phi) is 6.80. The summed E-state index contributed by atoms with van der Waals surface area (Å²) in [4.78, 5) is 2.32. The van der Waals surface area contributed by atoms with Gasteiger partial charge in [0.15, 0.2) is 0 Å². The average molecular weight is 410 g/mol. The first-order valence-corrected chi connectivity index (χ1v) is 10.6. The van der Waals surface area contributed by atoms with Crippen LogP contribution in [0.25, 0.3) is 11.3 Å². The Bertz CT molecular complexity index is 986. The van der Waals surface area contributed by atoms with Gasteiger partial charge < -0.3 is 9.64 Å². The minimum absolute atomic E-state index is 0.192. The Balaban J connectivity index is 1.73. The van der Waals surface area contributed by atoms with Crippen molar-refractivity contribution in [3.8, 4) is 11.3 Å². The Morgan fingerprint density at radius 3 is 2.57 bits per heavy atom. The second-order valence-electron chi connectivity index (χ2n) is 8.06. The molecule has 30 heavy (non-hydrogen) atoms. The van der Waals surface area contributed by atoms with Gasteiger partial charge in [-0.05, 0) is 69.0 Å². The molecule has 0 radical (unpaired) electrons. The van der Waals surface area contributed by atoms with Crippen LogP contribution in [0.4, 0.5) is 4.39 Å². The van der Waals surface area contributed by atoms with E-state index in [9.17, 15) is 4.39 Å². The Labute approximate surface area is 179 Å². The lowest BCUT2D eigenvalue weighted by Crippen LogP contribution is -2.27. The van der Waals surface area contributed by atoms with E-state index in [4.69, 9.17) is 9.84 Å². The van der Waals surface area contributed by atoms with E-state index in [0.717, 1.165) is 66.5 Å². The molecular weight excluding hydrogens is 377 g/mol. The SMILES string of the molecule is C=C(C)OC1=C(C)CCN(C(=C)Cn2nc(-c3ccc(F)c(C)c3)cc2CC)CC1. The second kappa shape index (κ2) is 9.33. The molecule has 0 amide bonds. The standard InChI is InChI=1S/C25H32FN3O/c1-7-22-15-24(21-8-9-23(26)19(5)14-21)27-29(22)16-20(6)28-12-10-18(4)25(11-13-28)30-17(2)3/h8-9,14-15H,2,6-7,10-13,16H2,1,3-5H3. The molecule has 5 heteroatoms. The summed E-state index contributed by atoms with van der Waals surface area (Å²) in [5.74, 6) is 1.56. The third-order valence-corrected chi connectivity index (χ3v) is 5.60. The Morgan fingerprint density at radius 2 is 1.90 bits per heavy atom.